The van der Waals surface area contributed by atoms with E-state index in [-0.39, 0.29) is 5.41 Å². The van der Waals surface area contributed by atoms with Gasteiger partial charge in [-0.25, -0.2) is 9.97 Å². The van der Waals surface area contributed by atoms with Gasteiger partial charge in [-0.05, 0) is 19.3 Å². The van der Waals surface area contributed by atoms with E-state index < -0.39 is 0 Å². The molecule has 2 aromatic rings. The lowest BCUT2D eigenvalue weighted by atomic mass is 9.95. The zero-order valence-corrected chi connectivity index (χ0v) is 18.1. The monoisotopic (exact) mass is 399 g/mol. The number of piperazine rings is 1. The fourth-order valence-corrected chi connectivity index (χ4v) is 3.58. The summed E-state index contributed by atoms with van der Waals surface area (Å²) in [5.41, 5.74) is 1.21. The summed E-state index contributed by atoms with van der Waals surface area (Å²) in [4.78, 5) is 18.8. The molecule has 1 aliphatic heterocycles. The summed E-state index contributed by atoms with van der Waals surface area (Å²) in [6, 6.07) is 2.69. The van der Waals surface area contributed by atoms with E-state index in [1.807, 2.05) is 7.05 Å². The van der Waals surface area contributed by atoms with Gasteiger partial charge in [-0.1, -0.05) is 20.8 Å². The molecule has 158 valence electrons. The number of ether oxygens (including phenoxy) is 1. The Labute approximate surface area is 173 Å². The molecule has 1 saturated carbocycles. The minimum atomic E-state index is -0.0239. The summed E-state index contributed by atoms with van der Waals surface area (Å²) in [6.07, 6.45) is 5.17. The van der Waals surface area contributed by atoms with Crippen molar-refractivity contribution in [3.63, 3.8) is 0 Å². The Morgan fingerprint density at radius 2 is 1.86 bits per heavy atom. The van der Waals surface area contributed by atoms with E-state index >= 15 is 0 Å². The third-order valence-electron chi connectivity index (χ3n) is 5.52. The van der Waals surface area contributed by atoms with E-state index in [0.717, 1.165) is 50.8 Å². The average Bonchev–Trinajstić information content (AvgIpc) is 3.47. The summed E-state index contributed by atoms with van der Waals surface area (Å²) in [6.45, 7) is 12.4. The number of rotatable bonds is 7. The predicted octanol–water partition coefficient (Wildman–Crippen LogP) is 2.37. The highest BCUT2D eigenvalue weighted by Gasteiger charge is 2.29. The fraction of sp³-hybridized carbons (Fsp3) is 0.714. The largest absolute Gasteiger partial charge is 0.462 e. The summed E-state index contributed by atoms with van der Waals surface area (Å²) in [7, 11) is 1.84. The van der Waals surface area contributed by atoms with Crippen LogP contribution < -0.4 is 9.64 Å². The van der Waals surface area contributed by atoms with Gasteiger partial charge in [0.1, 0.15) is 18.0 Å². The first-order chi connectivity index (χ1) is 13.9. The second-order valence-electron chi connectivity index (χ2n) is 9.23. The van der Waals surface area contributed by atoms with E-state index in [9.17, 15) is 0 Å². The van der Waals surface area contributed by atoms with Crippen LogP contribution in [0.15, 0.2) is 12.4 Å². The Hall–Kier alpha value is -2.22. The summed E-state index contributed by atoms with van der Waals surface area (Å²) < 4.78 is 7.25. The minimum Gasteiger partial charge on any atom is -0.462 e. The molecular weight excluding hydrogens is 366 g/mol. The molecule has 2 fully saturated rings. The van der Waals surface area contributed by atoms with Crippen molar-refractivity contribution in [1.82, 2.24) is 29.6 Å². The molecule has 0 atom stereocenters. The third kappa shape index (κ3) is 5.23. The molecule has 0 bridgehead atoms. The second-order valence-corrected chi connectivity index (χ2v) is 9.23. The molecule has 1 aliphatic carbocycles. The van der Waals surface area contributed by atoms with Gasteiger partial charge in [0.05, 0.1) is 6.61 Å². The molecule has 2 aliphatic rings. The van der Waals surface area contributed by atoms with Crippen LogP contribution in [0.5, 0.6) is 6.01 Å². The molecule has 8 nitrogen and oxygen atoms in total. The van der Waals surface area contributed by atoms with Crippen molar-refractivity contribution in [3.8, 4) is 6.01 Å². The zero-order chi connectivity index (χ0) is 20.4. The van der Waals surface area contributed by atoms with Crippen LogP contribution in [0.1, 0.15) is 57.5 Å². The highest BCUT2D eigenvalue weighted by molar-refractivity contribution is 5.42. The number of hydrogen-bond donors (Lipinski definition) is 0. The van der Waals surface area contributed by atoms with Gasteiger partial charge in [-0.3, -0.25) is 9.58 Å². The van der Waals surface area contributed by atoms with Gasteiger partial charge in [-0.2, -0.15) is 4.98 Å². The van der Waals surface area contributed by atoms with Gasteiger partial charge < -0.3 is 9.64 Å². The average molecular weight is 400 g/mol. The molecule has 0 radical (unpaired) electrons. The Balaban J connectivity index is 1.28. The molecule has 4 rings (SSSR count). The number of nitrogens with zero attached hydrogens (tertiary/aromatic N) is 7. The molecule has 0 unspecified atom stereocenters. The standard InChI is InChI=1S/C21H33N7O/c1-21(2,3)19-23-17(16-6-7-16)14-18(24-19)28-11-9-27(10-12-28)8-5-13-29-20-22-15-26(4)25-20/h14-16H,5-13H2,1-4H3. The molecule has 0 amide bonds. The van der Waals surface area contributed by atoms with Crippen LogP contribution in [0.2, 0.25) is 0 Å². The number of hydrogen-bond acceptors (Lipinski definition) is 7. The van der Waals surface area contributed by atoms with Crippen molar-refractivity contribution >= 4 is 5.82 Å². The lowest BCUT2D eigenvalue weighted by molar-refractivity contribution is 0.218. The fourth-order valence-electron chi connectivity index (χ4n) is 3.58. The summed E-state index contributed by atoms with van der Waals surface area (Å²) >= 11 is 0. The Morgan fingerprint density at radius 3 is 2.48 bits per heavy atom. The Bertz CT molecular complexity index is 817. The molecule has 0 spiro atoms. The quantitative estimate of drug-likeness (QED) is 0.662. The highest BCUT2D eigenvalue weighted by atomic mass is 16.5. The Kier molecular flexibility index (Phi) is 5.72. The Morgan fingerprint density at radius 1 is 1.10 bits per heavy atom. The van der Waals surface area contributed by atoms with Gasteiger partial charge in [0.25, 0.3) is 0 Å². The van der Waals surface area contributed by atoms with Crippen molar-refractivity contribution in [2.45, 2.75) is 51.4 Å². The van der Waals surface area contributed by atoms with E-state index in [2.05, 4.69) is 46.7 Å². The van der Waals surface area contributed by atoms with Crippen LogP contribution in [0.4, 0.5) is 5.82 Å². The molecule has 29 heavy (non-hydrogen) atoms. The first-order valence-electron chi connectivity index (χ1n) is 10.7. The number of aromatic nitrogens is 5. The molecule has 8 heteroatoms. The first kappa shape index (κ1) is 20.1. The lowest BCUT2D eigenvalue weighted by Crippen LogP contribution is -2.47. The highest BCUT2D eigenvalue weighted by Crippen LogP contribution is 2.40. The second kappa shape index (κ2) is 8.26. The molecule has 0 N–H and O–H groups in total. The van der Waals surface area contributed by atoms with Gasteiger partial charge in [-0.15, -0.1) is 5.10 Å². The maximum atomic E-state index is 5.60. The molecule has 0 aromatic carbocycles. The van der Waals surface area contributed by atoms with Gasteiger partial charge in [0.15, 0.2) is 0 Å². The van der Waals surface area contributed by atoms with E-state index in [0.29, 0.717) is 18.5 Å². The van der Waals surface area contributed by atoms with Crippen molar-refractivity contribution in [1.29, 1.82) is 0 Å². The molecule has 1 saturated heterocycles. The smallest absolute Gasteiger partial charge is 0.335 e. The summed E-state index contributed by atoms with van der Waals surface area (Å²) in [5, 5.41) is 4.14. The maximum absolute atomic E-state index is 5.60. The van der Waals surface area contributed by atoms with Gasteiger partial charge in [0, 0.05) is 62.9 Å². The van der Waals surface area contributed by atoms with Crippen molar-refractivity contribution in [2.24, 2.45) is 7.05 Å². The predicted molar refractivity (Wildman–Crippen MR) is 112 cm³/mol. The normalized spacial score (nSPS) is 18.3. The van der Waals surface area contributed by atoms with Crippen LogP contribution in [0, 0.1) is 0 Å². The van der Waals surface area contributed by atoms with Crippen LogP contribution in [0.25, 0.3) is 0 Å². The SMILES string of the molecule is Cn1cnc(OCCCN2CCN(c3cc(C4CC4)nc(C(C)(C)C)n3)CC2)n1. The number of anilines is 1. The first-order valence-corrected chi connectivity index (χ1v) is 10.7. The summed E-state index contributed by atoms with van der Waals surface area (Å²) in [5.74, 6) is 2.73. The van der Waals surface area contributed by atoms with E-state index in [1.54, 1.807) is 11.0 Å². The van der Waals surface area contributed by atoms with Crippen LogP contribution >= 0.6 is 0 Å². The van der Waals surface area contributed by atoms with Crippen molar-refractivity contribution < 1.29 is 4.74 Å². The lowest BCUT2D eigenvalue weighted by Gasteiger charge is -2.36. The van der Waals surface area contributed by atoms with Crippen LogP contribution in [0.3, 0.4) is 0 Å². The third-order valence-corrected chi connectivity index (χ3v) is 5.52. The van der Waals surface area contributed by atoms with Gasteiger partial charge in [0.2, 0.25) is 0 Å². The van der Waals surface area contributed by atoms with Crippen LogP contribution in [-0.4, -0.2) is 69.0 Å². The van der Waals surface area contributed by atoms with E-state index in [1.165, 1.54) is 18.5 Å². The van der Waals surface area contributed by atoms with Crippen LogP contribution in [-0.2, 0) is 12.5 Å². The van der Waals surface area contributed by atoms with Crippen molar-refractivity contribution in [2.75, 3.05) is 44.2 Å². The number of aryl methyl sites for hydroxylation is 1. The minimum absolute atomic E-state index is 0.0239. The molecule has 3 heterocycles. The molecular formula is C21H33N7O. The van der Waals surface area contributed by atoms with Crippen molar-refractivity contribution in [3.05, 3.63) is 23.9 Å². The van der Waals surface area contributed by atoms with E-state index in [4.69, 9.17) is 14.7 Å². The topological polar surface area (TPSA) is 72.2 Å². The molecule has 2 aromatic heterocycles. The maximum Gasteiger partial charge on any atom is 0.335 e. The van der Waals surface area contributed by atoms with Gasteiger partial charge >= 0.3 is 6.01 Å². The zero-order valence-electron chi connectivity index (χ0n) is 18.1.